The van der Waals surface area contributed by atoms with E-state index in [1.165, 1.54) is 13.2 Å². The third-order valence-corrected chi connectivity index (χ3v) is 4.29. The molecule has 0 atom stereocenters. The predicted molar refractivity (Wildman–Crippen MR) is 105 cm³/mol. The summed E-state index contributed by atoms with van der Waals surface area (Å²) in [5, 5.41) is 2.51. The lowest BCUT2D eigenvalue weighted by Crippen LogP contribution is -2.54. The van der Waals surface area contributed by atoms with Gasteiger partial charge in [0, 0.05) is 0 Å². The number of ether oxygens (including phenoxy) is 2. The van der Waals surface area contributed by atoms with Crippen LogP contribution in [0.5, 0.6) is 11.5 Å². The molecule has 2 aromatic rings. The fraction of sp³-hybridized carbons (Fsp3) is 0.150. The number of hydrogen-bond acceptors (Lipinski definition) is 5. The summed E-state index contributed by atoms with van der Waals surface area (Å²) in [5.74, 6) is -0.722. The highest BCUT2D eigenvalue weighted by molar-refractivity contribution is 6.39. The summed E-state index contributed by atoms with van der Waals surface area (Å²) in [6, 6.07) is 10.6. The van der Waals surface area contributed by atoms with E-state index < -0.39 is 17.8 Å². The van der Waals surface area contributed by atoms with Gasteiger partial charge in [-0.05, 0) is 42.8 Å². The number of carbonyl (C=O) groups excluding carboxylic acids is 3. The third-order valence-electron chi connectivity index (χ3n) is 3.99. The van der Waals surface area contributed by atoms with Crippen LogP contribution in [0.25, 0.3) is 6.08 Å². The molecule has 0 spiro atoms. The molecule has 3 rings (SSSR count). The fourth-order valence-corrected chi connectivity index (χ4v) is 3.00. The lowest BCUT2D eigenvalue weighted by atomic mass is 10.1. The van der Waals surface area contributed by atoms with Gasteiger partial charge >= 0.3 is 6.03 Å². The first-order valence-electron chi connectivity index (χ1n) is 8.43. The van der Waals surface area contributed by atoms with Gasteiger partial charge in [0.05, 0.1) is 24.4 Å². The molecule has 7 nitrogen and oxygen atoms in total. The second-order valence-electron chi connectivity index (χ2n) is 5.75. The molecule has 1 N–H and O–H groups in total. The predicted octanol–water partition coefficient (Wildman–Crippen LogP) is 3.41. The van der Waals surface area contributed by atoms with Gasteiger partial charge in [0.15, 0.2) is 0 Å². The molecule has 144 valence electrons. The maximum absolute atomic E-state index is 13.0. The molecular weight excluding hydrogens is 384 g/mol. The second-order valence-corrected chi connectivity index (χ2v) is 6.16. The number of nitrogens with zero attached hydrogens (tertiary/aromatic N) is 1. The number of rotatable bonds is 5. The van der Waals surface area contributed by atoms with E-state index in [2.05, 4.69) is 5.32 Å². The summed E-state index contributed by atoms with van der Waals surface area (Å²) < 4.78 is 10.6. The number of anilines is 1. The standard InChI is InChI=1S/C20H17ClN2O5/c1-3-28-17-7-5-4-6-15(17)23-19(25)13(18(24)22-20(23)26)10-12-8-9-16(27-2)14(21)11-12/h4-11H,3H2,1-2H3,(H,22,24,26)/b13-10+. The first kappa shape index (κ1) is 19.4. The van der Waals surface area contributed by atoms with Crippen LogP contribution in [-0.4, -0.2) is 31.6 Å². The topological polar surface area (TPSA) is 84.9 Å². The van der Waals surface area contributed by atoms with Crippen molar-refractivity contribution in [3.05, 3.63) is 58.6 Å². The van der Waals surface area contributed by atoms with Crippen LogP contribution in [0.3, 0.4) is 0 Å². The number of amides is 4. The van der Waals surface area contributed by atoms with Gasteiger partial charge in [-0.2, -0.15) is 0 Å². The summed E-state index contributed by atoms with van der Waals surface area (Å²) in [4.78, 5) is 38.5. The van der Waals surface area contributed by atoms with Crippen LogP contribution in [0.1, 0.15) is 12.5 Å². The molecule has 28 heavy (non-hydrogen) atoms. The van der Waals surface area contributed by atoms with Gasteiger partial charge in [-0.3, -0.25) is 14.9 Å². The first-order chi connectivity index (χ1) is 13.5. The number of benzene rings is 2. The minimum atomic E-state index is -0.841. The number of urea groups is 1. The van der Waals surface area contributed by atoms with Gasteiger partial charge in [-0.25, -0.2) is 9.69 Å². The Labute approximate surface area is 166 Å². The van der Waals surface area contributed by atoms with Crippen LogP contribution in [0.2, 0.25) is 5.02 Å². The van der Waals surface area contributed by atoms with Gasteiger partial charge in [0.2, 0.25) is 0 Å². The van der Waals surface area contributed by atoms with Gasteiger partial charge in [-0.1, -0.05) is 29.8 Å². The van der Waals surface area contributed by atoms with E-state index in [1.807, 2.05) is 0 Å². The molecule has 2 aromatic carbocycles. The number of carbonyl (C=O) groups is 3. The Morgan fingerprint density at radius 1 is 1.11 bits per heavy atom. The molecule has 0 unspecified atom stereocenters. The highest BCUT2D eigenvalue weighted by atomic mass is 35.5. The molecule has 1 saturated heterocycles. The molecule has 0 aromatic heterocycles. The maximum atomic E-state index is 13.0. The first-order valence-corrected chi connectivity index (χ1v) is 8.81. The van der Waals surface area contributed by atoms with E-state index in [1.54, 1.807) is 49.4 Å². The minimum Gasteiger partial charge on any atom is -0.495 e. The van der Waals surface area contributed by atoms with Gasteiger partial charge in [0.1, 0.15) is 17.1 Å². The summed E-state index contributed by atoms with van der Waals surface area (Å²) in [6.07, 6.45) is 1.37. The molecule has 1 fully saturated rings. The monoisotopic (exact) mass is 400 g/mol. The molecular formula is C20H17ClN2O5. The molecule has 1 heterocycles. The SMILES string of the molecule is CCOc1ccccc1N1C(=O)NC(=O)/C(=C\c2ccc(OC)c(Cl)c2)C1=O. The number of methoxy groups -OCH3 is 1. The summed E-state index contributed by atoms with van der Waals surface area (Å²) in [7, 11) is 1.48. The van der Waals surface area contributed by atoms with Crippen LogP contribution in [-0.2, 0) is 9.59 Å². The molecule has 4 amide bonds. The van der Waals surface area contributed by atoms with Crippen molar-refractivity contribution >= 4 is 41.2 Å². The number of para-hydroxylation sites is 2. The Morgan fingerprint density at radius 2 is 1.86 bits per heavy atom. The van der Waals surface area contributed by atoms with E-state index >= 15 is 0 Å². The molecule has 1 aliphatic heterocycles. The summed E-state index contributed by atoms with van der Waals surface area (Å²) in [5.41, 5.74) is 0.557. The quantitative estimate of drug-likeness (QED) is 0.614. The van der Waals surface area contributed by atoms with Crippen molar-refractivity contribution in [2.45, 2.75) is 6.92 Å². The van der Waals surface area contributed by atoms with Crippen molar-refractivity contribution in [1.82, 2.24) is 5.32 Å². The highest BCUT2D eigenvalue weighted by Crippen LogP contribution is 2.31. The zero-order chi connectivity index (χ0) is 20.3. The van der Waals surface area contributed by atoms with E-state index in [0.717, 1.165) is 4.90 Å². The van der Waals surface area contributed by atoms with E-state index in [0.29, 0.717) is 28.7 Å². The lowest BCUT2D eigenvalue weighted by Gasteiger charge is -2.27. The number of hydrogen-bond donors (Lipinski definition) is 1. The number of imide groups is 2. The van der Waals surface area contributed by atoms with Crippen LogP contribution in [0.4, 0.5) is 10.5 Å². The van der Waals surface area contributed by atoms with Crippen molar-refractivity contribution in [1.29, 1.82) is 0 Å². The maximum Gasteiger partial charge on any atom is 0.336 e. The van der Waals surface area contributed by atoms with Gasteiger partial charge in [-0.15, -0.1) is 0 Å². The Bertz CT molecular complexity index is 986. The Morgan fingerprint density at radius 3 is 2.54 bits per heavy atom. The zero-order valence-electron chi connectivity index (χ0n) is 15.2. The lowest BCUT2D eigenvalue weighted by molar-refractivity contribution is -0.122. The molecule has 1 aliphatic rings. The smallest absolute Gasteiger partial charge is 0.336 e. The largest absolute Gasteiger partial charge is 0.495 e. The molecule has 0 aliphatic carbocycles. The van der Waals surface area contributed by atoms with Crippen LogP contribution in [0, 0.1) is 0 Å². The third kappa shape index (κ3) is 3.70. The fourth-order valence-electron chi connectivity index (χ4n) is 2.73. The zero-order valence-corrected chi connectivity index (χ0v) is 15.9. The van der Waals surface area contributed by atoms with Crippen molar-refractivity contribution in [3.63, 3.8) is 0 Å². The molecule has 8 heteroatoms. The second kappa shape index (κ2) is 8.14. The van der Waals surface area contributed by atoms with Crippen LogP contribution < -0.4 is 19.7 Å². The summed E-state index contributed by atoms with van der Waals surface area (Å²) in [6.45, 7) is 2.14. The normalized spacial score (nSPS) is 15.6. The van der Waals surface area contributed by atoms with Crippen LogP contribution in [0.15, 0.2) is 48.0 Å². The minimum absolute atomic E-state index is 0.202. The van der Waals surface area contributed by atoms with Crippen molar-refractivity contribution < 1.29 is 23.9 Å². The van der Waals surface area contributed by atoms with Crippen molar-refractivity contribution in [3.8, 4) is 11.5 Å². The summed E-state index contributed by atoms with van der Waals surface area (Å²) >= 11 is 6.10. The Hall–Kier alpha value is -3.32. The van der Waals surface area contributed by atoms with Crippen molar-refractivity contribution in [2.75, 3.05) is 18.6 Å². The van der Waals surface area contributed by atoms with Crippen LogP contribution >= 0.6 is 11.6 Å². The van der Waals surface area contributed by atoms with Gasteiger partial charge in [0.25, 0.3) is 11.8 Å². The molecule has 0 saturated carbocycles. The number of halogens is 1. The Kier molecular flexibility index (Phi) is 5.65. The van der Waals surface area contributed by atoms with Gasteiger partial charge < -0.3 is 9.47 Å². The number of barbiturate groups is 1. The van der Waals surface area contributed by atoms with Crippen molar-refractivity contribution in [2.24, 2.45) is 0 Å². The van der Waals surface area contributed by atoms with E-state index in [4.69, 9.17) is 21.1 Å². The molecule has 0 bridgehead atoms. The van der Waals surface area contributed by atoms with E-state index in [9.17, 15) is 14.4 Å². The Balaban J connectivity index is 2.02. The highest BCUT2D eigenvalue weighted by Gasteiger charge is 2.38. The van der Waals surface area contributed by atoms with E-state index in [-0.39, 0.29) is 11.3 Å². The average molecular weight is 401 g/mol. The average Bonchev–Trinajstić information content (AvgIpc) is 2.66. The molecule has 0 radical (unpaired) electrons. The number of nitrogens with one attached hydrogen (secondary N) is 1.